The van der Waals surface area contributed by atoms with Gasteiger partial charge in [-0.3, -0.25) is 9.69 Å². The van der Waals surface area contributed by atoms with E-state index in [1.54, 1.807) is 6.20 Å². The Hall–Kier alpha value is -1.58. The number of pyridine rings is 1. The monoisotopic (exact) mass is 332 g/mol. The first-order valence-corrected chi connectivity index (χ1v) is 8.91. The second kappa shape index (κ2) is 8.32. The zero-order valence-corrected chi connectivity index (χ0v) is 14.8. The lowest BCUT2D eigenvalue weighted by Gasteiger charge is -2.38. The van der Waals surface area contributed by atoms with Crippen molar-refractivity contribution in [1.29, 1.82) is 5.26 Å². The number of nitriles is 1. The van der Waals surface area contributed by atoms with Crippen LogP contribution in [0.3, 0.4) is 0 Å². The molecule has 0 saturated carbocycles. The summed E-state index contributed by atoms with van der Waals surface area (Å²) in [7, 11) is 0. The Morgan fingerprint density at radius 1 is 1.26 bits per heavy atom. The molecule has 0 spiro atoms. The van der Waals surface area contributed by atoms with Crippen molar-refractivity contribution >= 4 is 17.7 Å². The molecule has 0 N–H and O–H groups in total. The molecular weight excluding hydrogens is 308 g/mol. The van der Waals surface area contributed by atoms with Crippen LogP contribution in [0.2, 0.25) is 0 Å². The van der Waals surface area contributed by atoms with Gasteiger partial charge in [0.2, 0.25) is 5.91 Å². The zero-order valence-electron chi connectivity index (χ0n) is 14.0. The van der Waals surface area contributed by atoms with Gasteiger partial charge in [0.05, 0.1) is 16.3 Å². The predicted octanol–water partition coefficient (Wildman–Crippen LogP) is 2.25. The molecule has 1 saturated heterocycles. The number of amides is 1. The van der Waals surface area contributed by atoms with Gasteiger partial charge in [0.1, 0.15) is 6.04 Å². The highest BCUT2D eigenvalue weighted by molar-refractivity contribution is 8.00. The van der Waals surface area contributed by atoms with Crippen LogP contribution in [0.1, 0.15) is 20.8 Å². The molecule has 1 amide bonds. The average Bonchev–Trinajstić information content (AvgIpc) is 2.56. The standard InChI is InChI=1S/C17H24N4OS/c1-13(2)15(12-18)20-8-10-21(11-9-20)17(22)14(3)23-16-6-4-5-7-19-16/h4-7,13-15H,8-11H2,1-3H3. The second-order valence-electron chi connectivity index (χ2n) is 6.11. The lowest BCUT2D eigenvalue weighted by atomic mass is 10.0. The Kier molecular flexibility index (Phi) is 6.43. The number of carbonyl (C=O) groups is 1. The molecule has 1 aliphatic heterocycles. The fraction of sp³-hybridized carbons (Fsp3) is 0.588. The molecule has 5 nitrogen and oxygen atoms in total. The van der Waals surface area contributed by atoms with Gasteiger partial charge in [0, 0.05) is 32.4 Å². The number of thioether (sulfide) groups is 1. The van der Waals surface area contributed by atoms with E-state index in [1.807, 2.05) is 30.0 Å². The van der Waals surface area contributed by atoms with Crippen molar-refractivity contribution in [3.8, 4) is 6.07 Å². The summed E-state index contributed by atoms with van der Waals surface area (Å²) < 4.78 is 0. The molecule has 6 heteroatoms. The Labute approximate surface area is 142 Å². The second-order valence-corrected chi connectivity index (χ2v) is 7.47. The first-order chi connectivity index (χ1) is 11.0. The average molecular weight is 332 g/mol. The highest BCUT2D eigenvalue weighted by Gasteiger charge is 2.29. The van der Waals surface area contributed by atoms with Gasteiger partial charge < -0.3 is 4.90 Å². The third-order valence-corrected chi connectivity index (χ3v) is 5.10. The number of carbonyl (C=O) groups excluding carboxylic acids is 1. The maximum Gasteiger partial charge on any atom is 0.235 e. The normalized spacial score (nSPS) is 18.5. The Bertz CT molecular complexity index is 549. The zero-order chi connectivity index (χ0) is 16.8. The van der Waals surface area contributed by atoms with Crippen LogP contribution in [0.15, 0.2) is 29.4 Å². The van der Waals surface area contributed by atoms with Crippen LogP contribution in [0.5, 0.6) is 0 Å². The van der Waals surface area contributed by atoms with Gasteiger partial charge in [-0.2, -0.15) is 5.26 Å². The topological polar surface area (TPSA) is 60.2 Å². The first kappa shape index (κ1) is 17.8. The number of rotatable bonds is 5. The quantitative estimate of drug-likeness (QED) is 0.774. The Morgan fingerprint density at radius 2 is 1.96 bits per heavy atom. The minimum absolute atomic E-state index is 0.0624. The number of hydrogen-bond acceptors (Lipinski definition) is 5. The van der Waals surface area contributed by atoms with Crippen LogP contribution in [-0.4, -0.2) is 58.2 Å². The Balaban J connectivity index is 1.87. The largest absolute Gasteiger partial charge is 0.339 e. The molecule has 2 heterocycles. The number of piperazine rings is 1. The van der Waals surface area contributed by atoms with E-state index in [1.165, 1.54) is 11.8 Å². The lowest BCUT2D eigenvalue weighted by molar-refractivity contribution is -0.132. The molecule has 2 rings (SSSR count). The molecule has 1 aromatic rings. The van der Waals surface area contributed by atoms with E-state index in [0.29, 0.717) is 19.0 Å². The Morgan fingerprint density at radius 3 is 2.48 bits per heavy atom. The van der Waals surface area contributed by atoms with Crippen molar-refractivity contribution in [1.82, 2.24) is 14.8 Å². The van der Waals surface area contributed by atoms with Crippen LogP contribution >= 0.6 is 11.8 Å². The molecule has 0 radical (unpaired) electrons. The summed E-state index contributed by atoms with van der Waals surface area (Å²) in [6, 6.07) is 8.04. The third kappa shape index (κ3) is 4.69. The molecule has 2 atom stereocenters. The summed E-state index contributed by atoms with van der Waals surface area (Å²) in [5.74, 6) is 0.458. The van der Waals surface area contributed by atoms with Gasteiger partial charge in [0.15, 0.2) is 0 Å². The van der Waals surface area contributed by atoms with E-state index >= 15 is 0 Å². The molecule has 1 aliphatic rings. The molecule has 0 bridgehead atoms. The van der Waals surface area contributed by atoms with E-state index in [9.17, 15) is 10.1 Å². The number of aromatic nitrogens is 1. The van der Waals surface area contributed by atoms with Gasteiger partial charge in [-0.15, -0.1) is 0 Å². The summed E-state index contributed by atoms with van der Waals surface area (Å²) in [5.41, 5.74) is 0. The first-order valence-electron chi connectivity index (χ1n) is 8.03. The molecular formula is C17H24N4OS. The maximum atomic E-state index is 12.6. The van der Waals surface area contributed by atoms with Gasteiger partial charge >= 0.3 is 0 Å². The van der Waals surface area contributed by atoms with E-state index in [4.69, 9.17) is 0 Å². The summed E-state index contributed by atoms with van der Waals surface area (Å²) in [5, 5.41) is 10.0. The summed E-state index contributed by atoms with van der Waals surface area (Å²) in [4.78, 5) is 20.9. The molecule has 2 unspecified atom stereocenters. The third-order valence-electron chi connectivity index (χ3n) is 4.07. The van der Waals surface area contributed by atoms with Crippen molar-refractivity contribution in [2.24, 2.45) is 5.92 Å². The van der Waals surface area contributed by atoms with Gasteiger partial charge in [-0.1, -0.05) is 31.7 Å². The highest BCUT2D eigenvalue weighted by Crippen LogP contribution is 2.23. The van der Waals surface area contributed by atoms with Gasteiger partial charge in [-0.05, 0) is 25.0 Å². The van der Waals surface area contributed by atoms with E-state index in [0.717, 1.165) is 18.1 Å². The maximum absolute atomic E-state index is 12.6. The smallest absolute Gasteiger partial charge is 0.235 e. The molecule has 0 aliphatic carbocycles. The van der Waals surface area contributed by atoms with Crippen LogP contribution in [0.25, 0.3) is 0 Å². The number of nitrogens with zero attached hydrogens (tertiary/aromatic N) is 4. The highest BCUT2D eigenvalue weighted by atomic mass is 32.2. The van der Waals surface area contributed by atoms with Crippen molar-refractivity contribution in [3.05, 3.63) is 24.4 Å². The summed E-state index contributed by atoms with van der Waals surface area (Å²) in [6.45, 7) is 8.98. The molecule has 23 heavy (non-hydrogen) atoms. The molecule has 0 aromatic carbocycles. The van der Waals surface area contributed by atoms with Crippen molar-refractivity contribution < 1.29 is 4.79 Å². The number of hydrogen-bond donors (Lipinski definition) is 0. The van der Waals surface area contributed by atoms with Crippen LogP contribution in [0.4, 0.5) is 0 Å². The minimum Gasteiger partial charge on any atom is -0.339 e. The van der Waals surface area contributed by atoms with Crippen LogP contribution in [-0.2, 0) is 4.79 Å². The minimum atomic E-state index is -0.145. The lowest BCUT2D eigenvalue weighted by Crippen LogP contribution is -2.54. The molecule has 1 aromatic heterocycles. The van der Waals surface area contributed by atoms with Crippen molar-refractivity contribution in [2.75, 3.05) is 26.2 Å². The van der Waals surface area contributed by atoms with E-state index in [-0.39, 0.29) is 17.2 Å². The molecule has 1 fully saturated rings. The SMILES string of the molecule is CC(Sc1ccccn1)C(=O)N1CCN(C(C#N)C(C)C)CC1. The van der Waals surface area contributed by atoms with E-state index < -0.39 is 0 Å². The van der Waals surface area contributed by atoms with E-state index in [2.05, 4.69) is 29.8 Å². The van der Waals surface area contributed by atoms with Crippen molar-refractivity contribution in [2.45, 2.75) is 37.1 Å². The van der Waals surface area contributed by atoms with Crippen molar-refractivity contribution in [3.63, 3.8) is 0 Å². The fourth-order valence-corrected chi connectivity index (χ4v) is 3.67. The summed E-state index contributed by atoms with van der Waals surface area (Å²) in [6.07, 6.45) is 1.74. The fourth-order valence-electron chi connectivity index (χ4n) is 2.78. The van der Waals surface area contributed by atoms with Crippen LogP contribution in [0, 0.1) is 17.2 Å². The predicted molar refractivity (Wildman–Crippen MR) is 91.9 cm³/mol. The summed E-state index contributed by atoms with van der Waals surface area (Å²) >= 11 is 1.49. The van der Waals surface area contributed by atoms with Crippen LogP contribution < -0.4 is 0 Å². The van der Waals surface area contributed by atoms with Gasteiger partial charge in [-0.25, -0.2) is 4.98 Å². The molecule has 124 valence electrons. The van der Waals surface area contributed by atoms with Gasteiger partial charge in [0.25, 0.3) is 0 Å².